The van der Waals surface area contributed by atoms with E-state index in [2.05, 4.69) is 4.98 Å². The van der Waals surface area contributed by atoms with Gasteiger partial charge in [-0.2, -0.15) is 0 Å². The average Bonchev–Trinajstić information content (AvgIpc) is 2.86. The molecule has 1 saturated heterocycles. The van der Waals surface area contributed by atoms with Crippen LogP contribution in [0.4, 0.5) is 0 Å². The molecule has 0 aliphatic carbocycles. The summed E-state index contributed by atoms with van der Waals surface area (Å²) in [6.07, 6.45) is 3.43. The molecular formula is C20H24N2O4. The van der Waals surface area contributed by atoms with Gasteiger partial charge in [-0.05, 0) is 38.8 Å². The van der Waals surface area contributed by atoms with Gasteiger partial charge in [0.15, 0.2) is 11.8 Å². The molecule has 0 spiro atoms. The summed E-state index contributed by atoms with van der Waals surface area (Å²) in [5.74, 6) is -0.0430. The van der Waals surface area contributed by atoms with Crippen LogP contribution in [0, 0.1) is 6.92 Å². The number of aromatic nitrogens is 1. The minimum Gasteiger partial charge on any atom is -0.448 e. The average molecular weight is 356 g/mol. The number of nitrogens with zero attached hydrogens (tertiary/aromatic N) is 2. The Kier molecular flexibility index (Phi) is 5.71. The molecule has 26 heavy (non-hydrogen) atoms. The lowest BCUT2D eigenvalue weighted by Crippen LogP contribution is -2.40. The number of aryl methyl sites for hydroxylation is 1. The van der Waals surface area contributed by atoms with E-state index in [0.717, 1.165) is 44.3 Å². The minimum atomic E-state index is -0.836. The van der Waals surface area contributed by atoms with Crippen LogP contribution >= 0.6 is 0 Å². The zero-order chi connectivity index (χ0) is 18.5. The van der Waals surface area contributed by atoms with E-state index in [9.17, 15) is 9.59 Å². The molecule has 1 atom stereocenters. The Morgan fingerprint density at radius 3 is 2.42 bits per heavy atom. The molecule has 2 aromatic rings. The number of rotatable bonds is 4. The van der Waals surface area contributed by atoms with Crippen LogP contribution in [0.2, 0.25) is 0 Å². The summed E-state index contributed by atoms with van der Waals surface area (Å²) in [5.41, 5.74) is 0.891. The third-order valence-electron chi connectivity index (χ3n) is 4.56. The van der Waals surface area contributed by atoms with Gasteiger partial charge in [-0.25, -0.2) is 9.78 Å². The fourth-order valence-electron chi connectivity index (χ4n) is 3.10. The molecule has 1 aromatic carbocycles. The lowest BCUT2D eigenvalue weighted by atomic mass is 10.2. The summed E-state index contributed by atoms with van der Waals surface area (Å²) in [4.78, 5) is 31.0. The Hall–Kier alpha value is -2.63. The van der Waals surface area contributed by atoms with Gasteiger partial charge in [0, 0.05) is 18.7 Å². The number of hydrogen-bond donors (Lipinski definition) is 0. The first-order valence-electron chi connectivity index (χ1n) is 9.09. The van der Waals surface area contributed by atoms with Gasteiger partial charge in [0.1, 0.15) is 5.76 Å². The maximum absolute atomic E-state index is 12.5. The summed E-state index contributed by atoms with van der Waals surface area (Å²) < 4.78 is 11.0. The number of carbonyl (C=O) groups is 2. The molecular weight excluding hydrogens is 332 g/mol. The zero-order valence-corrected chi connectivity index (χ0v) is 15.2. The van der Waals surface area contributed by atoms with Crippen LogP contribution < -0.4 is 0 Å². The lowest BCUT2D eigenvalue weighted by molar-refractivity contribution is -0.139. The third kappa shape index (κ3) is 4.12. The topological polar surface area (TPSA) is 72.6 Å². The van der Waals surface area contributed by atoms with Gasteiger partial charge < -0.3 is 14.1 Å². The monoisotopic (exact) mass is 356 g/mol. The number of amides is 1. The normalized spacial score (nSPS) is 16.0. The van der Waals surface area contributed by atoms with Crippen LogP contribution in [-0.4, -0.2) is 41.0 Å². The van der Waals surface area contributed by atoms with Crippen molar-refractivity contribution in [3.05, 3.63) is 41.8 Å². The second kappa shape index (κ2) is 8.17. The van der Waals surface area contributed by atoms with Crippen molar-refractivity contribution in [1.82, 2.24) is 9.88 Å². The lowest BCUT2D eigenvalue weighted by Gasteiger charge is -2.23. The van der Waals surface area contributed by atoms with Crippen molar-refractivity contribution in [3.63, 3.8) is 0 Å². The molecule has 0 bridgehead atoms. The van der Waals surface area contributed by atoms with Gasteiger partial charge in [-0.1, -0.05) is 31.0 Å². The molecule has 138 valence electrons. The fraction of sp³-hybridized carbons (Fsp3) is 0.450. The van der Waals surface area contributed by atoms with Crippen molar-refractivity contribution in [3.8, 4) is 11.5 Å². The third-order valence-corrected chi connectivity index (χ3v) is 4.56. The van der Waals surface area contributed by atoms with Crippen molar-refractivity contribution in [2.75, 3.05) is 13.1 Å². The molecule has 2 heterocycles. The molecule has 1 aliphatic heterocycles. The van der Waals surface area contributed by atoms with Gasteiger partial charge in [0.05, 0.1) is 0 Å². The van der Waals surface area contributed by atoms with Crippen LogP contribution in [-0.2, 0) is 9.53 Å². The van der Waals surface area contributed by atoms with E-state index in [4.69, 9.17) is 9.15 Å². The number of esters is 1. The van der Waals surface area contributed by atoms with Crippen molar-refractivity contribution in [2.45, 2.75) is 45.6 Å². The Morgan fingerprint density at radius 2 is 1.77 bits per heavy atom. The van der Waals surface area contributed by atoms with Crippen molar-refractivity contribution < 1.29 is 18.7 Å². The highest BCUT2D eigenvalue weighted by Crippen LogP contribution is 2.22. The first-order valence-corrected chi connectivity index (χ1v) is 9.09. The van der Waals surface area contributed by atoms with Crippen LogP contribution in [0.25, 0.3) is 11.5 Å². The smallest absolute Gasteiger partial charge is 0.361 e. The quantitative estimate of drug-likeness (QED) is 0.783. The summed E-state index contributed by atoms with van der Waals surface area (Å²) in [5, 5.41) is 0. The number of carbonyl (C=O) groups excluding carboxylic acids is 2. The molecule has 0 saturated carbocycles. The fourth-order valence-corrected chi connectivity index (χ4v) is 3.10. The largest absolute Gasteiger partial charge is 0.448 e. The number of benzene rings is 1. The molecule has 3 rings (SSSR count). The molecule has 0 radical (unpaired) electrons. The zero-order valence-electron chi connectivity index (χ0n) is 15.2. The highest BCUT2D eigenvalue weighted by atomic mass is 16.5. The Labute approximate surface area is 153 Å². The van der Waals surface area contributed by atoms with E-state index >= 15 is 0 Å². The summed E-state index contributed by atoms with van der Waals surface area (Å²) in [6.45, 7) is 4.72. The molecule has 6 heteroatoms. The van der Waals surface area contributed by atoms with Crippen molar-refractivity contribution >= 4 is 11.9 Å². The van der Waals surface area contributed by atoms with Crippen LogP contribution in [0.5, 0.6) is 0 Å². The molecule has 0 N–H and O–H groups in total. The number of likely N-dealkylation sites (tertiary alicyclic amines) is 1. The Morgan fingerprint density at radius 1 is 1.12 bits per heavy atom. The predicted octanol–water partition coefficient (Wildman–Crippen LogP) is 3.60. The molecule has 1 amide bonds. The second-order valence-electron chi connectivity index (χ2n) is 6.58. The van der Waals surface area contributed by atoms with E-state index in [1.165, 1.54) is 0 Å². The van der Waals surface area contributed by atoms with Crippen LogP contribution in [0.3, 0.4) is 0 Å². The highest BCUT2D eigenvalue weighted by Gasteiger charge is 2.27. The first kappa shape index (κ1) is 18.2. The van der Waals surface area contributed by atoms with Crippen molar-refractivity contribution in [1.29, 1.82) is 0 Å². The van der Waals surface area contributed by atoms with Gasteiger partial charge in [0.2, 0.25) is 5.89 Å². The molecule has 1 fully saturated rings. The molecule has 0 unspecified atom stereocenters. The molecule has 1 aliphatic rings. The van der Waals surface area contributed by atoms with Gasteiger partial charge in [-0.3, -0.25) is 4.79 Å². The van der Waals surface area contributed by atoms with Crippen LogP contribution in [0.1, 0.15) is 48.9 Å². The summed E-state index contributed by atoms with van der Waals surface area (Å²) >= 11 is 0. The van der Waals surface area contributed by atoms with Crippen LogP contribution in [0.15, 0.2) is 34.7 Å². The second-order valence-corrected chi connectivity index (χ2v) is 6.58. The van der Waals surface area contributed by atoms with Crippen molar-refractivity contribution in [2.24, 2.45) is 0 Å². The van der Waals surface area contributed by atoms with E-state index in [-0.39, 0.29) is 11.6 Å². The summed E-state index contributed by atoms with van der Waals surface area (Å²) in [6, 6.07) is 9.34. The Balaban J connectivity index is 1.67. The highest BCUT2D eigenvalue weighted by molar-refractivity contribution is 5.91. The SMILES string of the molecule is Cc1oc(-c2ccccc2)nc1C(=O)O[C@H](C)C(=O)N1CCCCCC1. The van der Waals surface area contributed by atoms with E-state index in [0.29, 0.717) is 11.7 Å². The maximum Gasteiger partial charge on any atom is 0.361 e. The molecule has 1 aromatic heterocycles. The van der Waals surface area contributed by atoms with Gasteiger partial charge >= 0.3 is 5.97 Å². The first-order chi connectivity index (χ1) is 12.6. The standard InChI is InChI=1S/C20H24N2O4/c1-14-17(21-18(25-14)16-10-6-5-7-11-16)20(24)26-15(2)19(23)22-12-8-3-4-9-13-22/h5-7,10-11,15H,3-4,8-9,12-13H2,1-2H3/t15-/m1/s1. The van der Waals surface area contributed by atoms with Gasteiger partial charge in [-0.15, -0.1) is 0 Å². The maximum atomic E-state index is 12.5. The van der Waals surface area contributed by atoms with Gasteiger partial charge in [0.25, 0.3) is 5.91 Å². The number of hydrogen-bond acceptors (Lipinski definition) is 5. The predicted molar refractivity (Wildman–Crippen MR) is 96.6 cm³/mol. The minimum absolute atomic E-state index is 0.111. The summed E-state index contributed by atoms with van der Waals surface area (Å²) in [7, 11) is 0. The van der Waals surface area contributed by atoms with E-state index in [1.807, 2.05) is 30.3 Å². The molecule has 6 nitrogen and oxygen atoms in total. The number of ether oxygens (including phenoxy) is 1. The van der Waals surface area contributed by atoms with E-state index in [1.54, 1.807) is 18.7 Å². The number of oxazole rings is 1. The Bertz CT molecular complexity index is 761. The van der Waals surface area contributed by atoms with E-state index < -0.39 is 12.1 Å².